The summed E-state index contributed by atoms with van der Waals surface area (Å²) in [5.74, 6) is 2.58. The second kappa shape index (κ2) is 12.3. The van der Waals surface area contributed by atoms with Crippen LogP contribution in [-0.4, -0.2) is 20.5 Å². The number of rotatable bonds is 6. The highest BCUT2D eigenvalue weighted by molar-refractivity contribution is 7.98. The first-order chi connectivity index (χ1) is 25.5. The van der Waals surface area contributed by atoms with Crippen molar-refractivity contribution in [2.45, 2.75) is 62.9 Å². The lowest BCUT2D eigenvalue weighted by Crippen LogP contribution is -2.44. The smallest absolute Gasteiger partial charge is 0.178 e. The SMILES string of the molecule is COc1ccc(C2(c3ccc(OC)cc3)C=Cc3c4c(c5cc(SC)c(-c6ccsc6)cc5c3O2)-c2ccccc2C42CC(C)(C)CC(C)(C)C2)cc1. The Balaban J connectivity index is 1.41. The van der Waals surface area contributed by atoms with Crippen LogP contribution in [0.4, 0.5) is 0 Å². The van der Waals surface area contributed by atoms with Crippen molar-refractivity contribution in [3.05, 3.63) is 136 Å². The van der Waals surface area contributed by atoms with Crippen molar-refractivity contribution in [2.24, 2.45) is 10.8 Å². The molecule has 0 saturated heterocycles. The molecule has 1 spiro atoms. The topological polar surface area (TPSA) is 27.7 Å². The summed E-state index contributed by atoms with van der Waals surface area (Å²) in [5.41, 5.74) is 10.7. The van der Waals surface area contributed by atoms with E-state index in [9.17, 15) is 0 Å². The fourth-order valence-corrected chi connectivity index (χ4v) is 11.9. The minimum Gasteiger partial charge on any atom is -0.497 e. The van der Waals surface area contributed by atoms with Gasteiger partial charge in [-0.2, -0.15) is 11.3 Å². The lowest BCUT2D eigenvalue weighted by Gasteiger charge is -2.52. The number of fused-ring (bicyclic) bond motifs is 10. The van der Waals surface area contributed by atoms with E-state index in [0.29, 0.717) is 0 Å². The van der Waals surface area contributed by atoms with Gasteiger partial charge in [-0.3, -0.25) is 0 Å². The Kier molecular flexibility index (Phi) is 7.96. The highest BCUT2D eigenvalue weighted by Gasteiger charge is 2.55. The van der Waals surface area contributed by atoms with Crippen LogP contribution in [-0.2, 0) is 11.0 Å². The van der Waals surface area contributed by atoms with Crippen LogP contribution in [0.15, 0.2) is 113 Å². The molecule has 0 bridgehead atoms. The van der Waals surface area contributed by atoms with Gasteiger partial charge in [0.1, 0.15) is 17.2 Å². The lowest BCUT2D eigenvalue weighted by molar-refractivity contribution is 0.0642. The Morgan fingerprint density at radius 1 is 0.717 bits per heavy atom. The van der Waals surface area contributed by atoms with Gasteiger partial charge in [0.2, 0.25) is 0 Å². The Morgan fingerprint density at radius 3 is 1.94 bits per heavy atom. The fraction of sp³-hybridized carbons (Fsp3) is 0.292. The van der Waals surface area contributed by atoms with E-state index >= 15 is 0 Å². The van der Waals surface area contributed by atoms with Gasteiger partial charge in [-0.05, 0) is 134 Å². The van der Waals surface area contributed by atoms with E-state index in [1.807, 2.05) is 36.0 Å². The van der Waals surface area contributed by atoms with Gasteiger partial charge < -0.3 is 14.2 Å². The predicted octanol–water partition coefficient (Wildman–Crippen LogP) is 13.2. The lowest BCUT2D eigenvalue weighted by atomic mass is 9.52. The van der Waals surface area contributed by atoms with Crippen molar-refractivity contribution in [3.8, 4) is 39.5 Å². The van der Waals surface area contributed by atoms with E-state index < -0.39 is 5.60 Å². The van der Waals surface area contributed by atoms with Crippen LogP contribution in [0.2, 0.25) is 0 Å². The molecule has 3 nitrogen and oxygen atoms in total. The van der Waals surface area contributed by atoms with E-state index in [1.165, 1.54) is 55.6 Å². The Bertz CT molecular complexity index is 2340. The molecule has 6 aromatic rings. The normalized spacial score (nSPS) is 18.2. The predicted molar refractivity (Wildman–Crippen MR) is 223 cm³/mol. The summed E-state index contributed by atoms with van der Waals surface area (Å²) in [6, 6.07) is 33.1. The van der Waals surface area contributed by atoms with Crippen molar-refractivity contribution in [3.63, 3.8) is 0 Å². The average Bonchev–Trinajstić information content (AvgIpc) is 3.79. The van der Waals surface area contributed by atoms with Crippen LogP contribution >= 0.6 is 23.1 Å². The van der Waals surface area contributed by atoms with Gasteiger partial charge in [-0.1, -0.05) is 82.3 Å². The molecule has 0 radical (unpaired) electrons. The summed E-state index contributed by atoms with van der Waals surface area (Å²) in [7, 11) is 3.42. The van der Waals surface area contributed by atoms with E-state index in [-0.39, 0.29) is 16.2 Å². The maximum atomic E-state index is 7.79. The minimum atomic E-state index is -0.892. The number of thioether (sulfide) groups is 1. The molecule has 2 heterocycles. The Hall–Kier alpha value is -4.45. The molecule has 1 fully saturated rings. The summed E-state index contributed by atoms with van der Waals surface area (Å²) in [6.45, 7) is 9.92. The molecule has 1 aliphatic heterocycles. The highest BCUT2D eigenvalue weighted by atomic mass is 32.2. The standard InChI is InChI=1S/C48H46O3S2/c1-45(2)27-46(3,4)29-47(28-45)40-11-9-8-10-35(40)42-38-25-41(52-7)37(30-21-23-53-26-30)24-39(38)44-36(43(42)47)20-22-48(51-44,31-12-16-33(49-5)17-13-31)32-14-18-34(50-6)19-15-32/h8-26H,27-29H2,1-7H3. The Labute approximate surface area is 322 Å². The molecular formula is C48H46O3S2. The molecule has 9 rings (SSSR count). The number of benzene rings is 5. The molecule has 5 heteroatoms. The molecule has 53 heavy (non-hydrogen) atoms. The van der Waals surface area contributed by atoms with Crippen molar-refractivity contribution >= 4 is 39.9 Å². The first kappa shape index (κ1) is 34.3. The summed E-state index contributed by atoms with van der Waals surface area (Å²) < 4.78 is 19.0. The van der Waals surface area contributed by atoms with E-state index in [1.54, 1.807) is 25.6 Å². The van der Waals surface area contributed by atoms with Crippen LogP contribution < -0.4 is 14.2 Å². The second-order valence-electron chi connectivity index (χ2n) is 16.7. The maximum Gasteiger partial charge on any atom is 0.178 e. The maximum absolute atomic E-state index is 7.79. The van der Waals surface area contributed by atoms with Gasteiger partial charge in [-0.15, -0.1) is 11.8 Å². The summed E-state index contributed by atoms with van der Waals surface area (Å²) in [6.07, 6.45) is 10.3. The van der Waals surface area contributed by atoms with E-state index in [0.717, 1.165) is 46.6 Å². The van der Waals surface area contributed by atoms with Crippen LogP contribution in [0.3, 0.4) is 0 Å². The molecule has 0 atom stereocenters. The zero-order valence-corrected chi connectivity index (χ0v) is 33.3. The van der Waals surface area contributed by atoms with Crippen molar-refractivity contribution < 1.29 is 14.2 Å². The van der Waals surface area contributed by atoms with Crippen LogP contribution in [0, 0.1) is 10.8 Å². The Morgan fingerprint density at radius 2 is 1.36 bits per heavy atom. The monoisotopic (exact) mass is 734 g/mol. The third-order valence-electron chi connectivity index (χ3n) is 11.9. The minimum absolute atomic E-state index is 0.154. The third-order valence-corrected chi connectivity index (χ3v) is 13.4. The first-order valence-corrected chi connectivity index (χ1v) is 20.7. The molecule has 3 aliphatic rings. The van der Waals surface area contributed by atoms with Crippen molar-refractivity contribution in [2.75, 3.05) is 20.5 Å². The van der Waals surface area contributed by atoms with Gasteiger partial charge in [0.15, 0.2) is 5.60 Å². The first-order valence-electron chi connectivity index (χ1n) is 18.5. The van der Waals surface area contributed by atoms with E-state index in [2.05, 4.69) is 124 Å². The summed E-state index contributed by atoms with van der Waals surface area (Å²) in [4.78, 5) is 1.28. The molecular weight excluding hydrogens is 689 g/mol. The quantitative estimate of drug-likeness (QED) is 0.159. The van der Waals surface area contributed by atoms with Crippen molar-refractivity contribution in [1.82, 2.24) is 0 Å². The average molecular weight is 735 g/mol. The zero-order valence-electron chi connectivity index (χ0n) is 31.6. The highest BCUT2D eigenvalue weighted by Crippen LogP contribution is 2.67. The van der Waals surface area contributed by atoms with Gasteiger partial charge in [0.25, 0.3) is 0 Å². The van der Waals surface area contributed by atoms with Gasteiger partial charge in [0.05, 0.1) is 14.2 Å². The number of hydrogen-bond acceptors (Lipinski definition) is 5. The molecule has 1 saturated carbocycles. The molecule has 0 N–H and O–H groups in total. The second-order valence-corrected chi connectivity index (χ2v) is 18.3. The molecule has 0 unspecified atom stereocenters. The largest absolute Gasteiger partial charge is 0.497 e. The fourth-order valence-electron chi connectivity index (χ4n) is 10.6. The number of methoxy groups -OCH3 is 2. The number of thiophene rings is 1. The van der Waals surface area contributed by atoms with E-state index in [4.69, 9.17) is 14.2 Å². The molecule has 0 amide bonds. The number of ether oxygens (including phenoxy) is 3. The molecule has 268 valence electrons. The summed E-state index contributed by atoms with van der Waals surface area (Å²) in [5, 5.41) is 6.85. The van der Waals surface area contributed by atoms with Gasteiger partial charge >= 0.3 is 0 Å². The van der Waals surface area contributed by atoms with Crippen LogP contribution in [0.25, 0.3) is 39.1 Å². The van der Waals surface area contributed by atoms with Crippen LogP contribution in [0.1, 0.15) is 74.8 Å². The number of hydrogen-bond donors (Lipinski definition) is 0. The third kappa shape index (κ3) is 5.29. The van der Waals surface area contributed by atoms with Gasteiger partial charge in [0, 0.05) is 32.4 Å². The van der Waals surface area contributed by atoms with Crippen molar-refractivity contribution in [1.29, 1.82) is 0 Å². The zero-order chi connectivity index (χ0) is 36.8. The molecule has 1 aromatic heterocycles. The van der Waals surface area contributed by atoms with Crippen LogP contribution in [0.5, 0.6) is 17.2 Å². The molecule has 5 aromatic carbocycles. The molecule has 2 aliphatic carbocycles. The van der Waals surface area contributed by atoms with Gasteiger partial charge in [-0.25, -0.2) is 0 Å². The summed E-state index contributed by atoms with van der Waals surface area (Å²) >= 11 is 3.57.